The van der Waals surface area contributed by atoms with Crippen molar-refractivity contribution in [2.24, 2.45) is 11.7 Å². The highest BCUT2D eigenvalue weighted by molar-refractivity contribution is 5.36. The quantitative estimate of drug-likeness (QED) is 0.898. The molecule has 0 amide bonds. The molecule has 0 radical (unpaired) electrons. The molecule has 2 N–H and O–H groups in total. The summed E-state index contributed by atoms with van der Waals surface area (Å²) in [6.45, 7) is 8.01. The summed E-state index contributed by atoms with van der Waals surface area (Å²) in [5.41, 5.74) is 11.2. The van der Waals surface area contributed by atoms with E-state index in [1.54, 1.807) is 0 Å². The average molecular weight is 261 g/mol. The molecule has 106 valence electrons. The Labute approximate surface area is 117 Å². The third-order valence-corrected chi connectivity index (χ3v) is 4.42. The minimum Gasteiger partial charge on any atom is -0.373 e. The first-order chi connectivity index (χ1) is 9.11. The highest BCUT2D eigenvalue weighted by Crippen LogP contribution is 2.28. The number of nitrogens with two attached hydrogens (primary N) is 1. The van der Waals surface area contributed by atoms with Crippen molar-refractivity contribution >= 4 is 0 Å². The predicted octanol–water partition coefficient (Wildman–Crippen LogP) is 3.65. The Balaban J connectivity index is 2.02. The van der Waals surface area contributed by atoms with Crippen molar-refractivity contribution in [3.8, 4) is 0 Å². The fraction of sp³-hybridized carbons (Fsp3) is 0.647. The summed E-state index contributed by atoms with van der Waals surface area (Å²) in [5.74, 6) is 0.555. The molecule has 0 spiro atoms. The van der Waals surface area contributed by atoms with Crippen molar-refractivity contribution in [2.45, 2.75) is 59.2 Å². The number of hydrogen-bond donors (Lipinski definition) is 1. The second-order valence-corrected chi connectivity index (χ2v) is 6.01. The van der Waals surface area contributed by atoms with E-state index in [2.05, 4.69) is 32.9 Å². The Morgan fingerprint density at radius 3 is 2.37 bits per heavy atom. The van der Waals surface area contributed by atoms with Crippen molar-refractivity contribution in [2.75, 3.05) is 6.54 Å². The number of benzene rings is 1. The average Bonchev–Trinajstić information content (AvgIpc) is 2.38. The van der Waals surface area contributed by atoms with Crippen LogP contribution >= 0.6 is 0 Å². The van der Waals surface area contributed by atoms with Crippen LogP contribution in [0.2, 0.25) is 0 Å². The molecule has 0 saturated heterocycles. The molecule has 2 nitrogen and oxygen atoms in total. The Kier molecular flexibility index (Phi) is 5.00. The summed E-state index contributed by atoms with van der Waals surface area (Å²) in [5, 5.41) is 0. The van der Waals surface area contributed by atoms with Crippen molar-refractivity contribution in [1.82, 2.24) is 0 Å². The van der Waals surface area contributed by atoms with E-state index in [1.165, 1.54) is 47.9 Å². The molecule has 1 aliphatic carbocycles. The number of ether oxygens (including phenoxy) is 1. The highest BCUT2D eigenvalue weighted by atomic mass is 16.5. The van der Waals surface area contributed by atoms with E-state index in [9.17, 15) is 0 Å². The van der Waals surface area contributed by atoms with Crippen LogP contribution in [0.4, 0.5) is 0 Å². The molecule has 0 aliphatic heterocycles. The van der Waals surface area contributed by atoms with E-state index in [4.69, 9.17) is 10.5 Å². The molecule has 0 aromatic heterocycles. The van der Waals surface area contributed by atoms with Gasteiger partial charge in [0.1, 0.15) is 0 Å². The van der Waals surface area contributed by atoms with Crippen LogP contribution in [-0.2, 0) is 11.3 Å². The van der Waals surface area contributed by atoms with Crippen LogP contribution in [0.5, 0.6) is 0 Å². The second kappa shape index (κ2) is 6.53. The van der Waals surface area contributed by atoms with E-state index in [1.807, 2.05) is 0 Å². The van der Waals surface area contributed by atoms with Gasteiger partial charge >= 0.3 is 0 Å². The van der Waals surface area contributed by atoms with Crippen LogP contribution < -0.4 is 5.73 Å². The Morgan fingerprint density at radius 2 is 1.74 bits per heavy atom. The SMILES string of the molecule is Cc1cc(C)c(COC2CCCCC2CN)c(C)c1. The van der Waals surface area contributed by atoms with Crippen molar-refractivity contribution in [3.63, 3.8) is 0 Å². The number of aryl methyl sites for hydroxylation is 3. The van der Waals surface area contributed by atoms with Crippen LogP contribution in [0.15, 0.2) is 12.1 Å². The maximum Gasteiger partial charge on any atom is 0.0725 e. The molecule has 2 unspecified atom stereocenters. The van der Waals surface area contributed by atoms with Crippen molar-refractivity contribution < 1.29 is 4.74 Å². The lowest BCUT2D eigenvalue weighted by Gasteiger charge is -2.31. The summed E-state index contributed by atoms with van der Waals surface area (Å²) in [7, 11) is 0. The van der Waals surface area contributed by atoms with Gasteiger partial charge in [-0.05, 0) is 62.8 Å². The topological polar surface area (TPSA) is 35.2 Å². The van der Waals surface area contributed by atoms with Crippen LogP contribution in [0.25, 0.3) is 0 Å². The Bertz CT molecular complexity index is 404. The molecule has 1 aliphatic rings. The molecule has 0 heterocycles. The summed E-state index contributed by atoms with van der Waals surface area (Å²) in [6, 6.07) is 4.49. The van der Waals surface area contributed by atoms with Crippen LogP contribution in [0, 0.1) is 26.7 Å². The van der Waals surface area contributed by atoms with E-state index >= 15 is 0 Å². The minimum absolute atomic E-state index is 0.360. The van der Waals surface area contributed by atoms with Crippen LogP contribution in [0.1, 0.15) is 47.9 Å². The molecule has 1 saturated carbocycles. The molecule has 0 bridgehead atoms. The molecule has 2 heteroatoms. The Hall–Kier alpha value is -0.860. The molecular formula is C17H27NO. The first-order valence-electron chi connectivity index (χ1n) is 7.50. The zero-order valence-corrected chi connectivity index (χ0v) is 12.5. The largest absolute Gasteiger partial charge is 0.373 e. The molecule has 1 aromatic rings. The zero-order valence-electron chi connectivity index (χ0n) is 12.5. The van der Waals surface area contributed by atoms with Gasteiger partial charge in [-0.15, -0.1) is 0 Å². The minimum atomic E-state index is 0.360. The monoisotopic (exact) mass is 261 g/mol. The molecule has 2 atom stereocenters. The van der Waals surface area contributed by atoms with Crippen LogP contribution in [-0.4, -0.2) is 12.6 Å². The van der Waals surface area contributed by atoms with Gasteiger partial charge in [0, 0.05) is 0 Å². The molecular weight excluding hydrogens is 234 g/mol. The van der Waals surface area contributed by atoms with Gasteiger partial charge in [-0.25, -0.2) is 0 Å². The van der Waals surface area contributed by atoms with Crippen molar-refractivity contribution in [3.05, 3.63) is 34.4 Å². The molecule has 1 aromatic carbocycles. The third kappa shape index (κ3) is 3.58. The maximum absolute atomic E-state index is 6.19. The van der Waals surface area contributed by atoms with Gasteiger partial charge in [-0.1, -0.05) is 30.5 Å². The summed E-state index contributed by atoms with van der Waals surface area (Å²) in [6.07, 6.45) is 5.36. The standard InChI is InChI=1S/C17H27NO/c1-12-8-13(2)16(14(3)9-12)11-19-17-7-5-4-6-15(17)10-18/h8-9,15,17H,4-7,10-11,18H2,1-3H3. The zero-order chi connectivity index (χ0) is 13.8. The molecule has 1 fully saturated rings. The first-order valence-corrected chi connectivity index (χ1v) is 7.50. The highest BCUT2D eigenvalue weighted by Gasteiger charge is 2.24. The normalized spacial score (nSPS) is 23.6. The summed E-state index contributed by atoms with van der Waals surface area (Å²) < 4.78 is 6.19. The van der Waals surface area contributed by atoms with E-state index in [0.29, 0.717) is 12.0 Å². The van der Waals surface area contributed by atoms with Gasteiger partial charge in [0.25, 0.3) is 0 Å². The predicted molar refractivity (Wildman–Crippen MR) is 80.2 cm³/mol. The van der Waals surface area contributed by atoms with E-state index < -0.39 is 0 Å². The summed E-state index contributed by atoms with van der Waals surface area (Å²) >= 11 is 0. The van der Waals surface area contributed by atoms with Gasteiger partial charge < -0.3 is 10.5 Å². The fourth-order valence-electron chi connectivity index (χ4n) is 3.29. The van der Waals surface area contributed by atoms with Gasteiger partial charge in [0.05, 0.1) is 12.7 Å². The summed E-state index contributed by atoms with van der Waals surface area (Å²) in [4.78, 5) is 0. The molecule has 19 heavy (non-hydrogen) atoms. The van der Waals surface area contributed by atoms with Gasteiger partial charge in [-0.3, -0.25) is 0 Å². The van der Waals surface area contributed by atoms with Crippen molar-refractivity contribution in [1.29, 1.82) is 0 Å². The van der Waals surface area contributed by atoms with Gasteiger partial charge in [0.15, 0.2) is 0 Å². The number of hydrogen-bond acceptors (Lipinski definition) is 2. The lowest BCUT2D eigenvalue weighted by atomic mass is 9.86. The van der Waals surface area contributed by atoms with Gasteiger partial charge in [0.2, 0.25) is 0 Å². The third-order valence-electron chi connectivity index (χ3n) is 4.42. The number of rotatable bonds is 4. The first kappa shape index (κ1) is 14.5. The van der Waals surface area contributed by atoms with Gasteiger partial charge in [-0.2, -0.15) is 0 Å². The Morgan fingerprint density at radius 1 is 1.11 bits per heavy atom. The smallest absolute Gasteiger partial charge is 0.0725 e. The lowest BCUT2D eigenvalue weighted by Crippen LogP contribution is -2.33. The second-order valence-electron chi connectivity index (χ2n) is 6.01. The van der Waals surface area contributed by atoms with E-state index in [0.717, 1.165) is 13.2 Å². The lowest BCUT2D eigenvalue weighted by molar-refractivity contribution is -0.0186. The fourth-order valence-corrected chi connectivity index (χ4v) is 3.29. The molecule has 2 rings (SSSR count). The maximum atomic E-state index is 6.19. The van der Waals surface area contributed by atoms with Crippen LogP contribution in [0.3, 0.4) is 0 Å². The van der Waals surface area contributed by atoms with E-state index in [-0.39, 0.29) is 0 Å².